The fraction of sp³-hybridized carbons (Fsp3) is 0.0513. The highest BCUT2D eigenvalue weighted by Gasteiger charge is 2.17. The maximum atomic E-state index is 4.86. The fourth-order valence-corrected chi connectivity index (χ4v) is 13.3. The first-order chi connectivity index (χ1) is 51.2. The second-order valence-electron chi connectivity index (χ2n) is 22.4. The molecule has 0 saturated carbocycles. The minimum atomic E-state index is 0.554. The van der Waals surface area contributed by atoms with Gasteiger partial charge in [0.2, 0.25) is 0 Å². The Labute approximate surface area is 611 Å². The third kappa shape index (κ3) is 16.7. The van der Waals surface area contributed by atoms with Crippen molar-refractivity contribution in [3.05, 3.63) is 291 Å². The molecule has 0 atom stereocenters. The van der Waals surface area contributed by atoms with Crippen LogP contribution in [-0.4, -0.2) is 109 Å². The zero-order chi connectivity index (χ0) is 70.8. The van der Waals surface area contributed by atoms with Gasteiger partial charge < -0.3 is 9.13 Å². The third-order valence-electron chi connectivity index (χ3n) is 15.2. The van der Waals surface area contributed by atoms with Gasteiger partial charge in [-0.1, -0.05) is 72.8 Å². The quantitative estimate of drug-likeness (QED) is 0.130. The fourth-order valence-electron chi connectivity index (χ4n) is 10.2. The highest BCUT2D eigenvalue weighted by Crippen LogP contribution is 2.34. The van der Waals surface area contributed by atoms with Gasteiger partial charge in [-0.3, -0.25) is 4.98 Å². The Hall–Kier alpha value is -13.1. The predicted molar refractivity (Wildman–Crippen MR) is 412 cm³/mol. The van der Waals surface area contributed by atoms with Crippen LogP contribution < -0.4 is 0 Å². The number of benzene rings is 4. The summed E-state index contributed by atoms with van der Waals surface area (Å²) >= 11 is 6.52. The lowest BCUT2D eigenvalue weighted by Crippen LogP contribution is -1.98. The van der Waals surface area contributed by atoms with Crippen LogP contribution in [0.25, 0.3) is 143 Å². The lowest BCUT2D eigenvalue weighted by atomic mass is 10.2. The van der Waals surface area contributed by atoms with Crippen molar-refractivity contribution in [2.24, 2.45) is 14.1 Å². The van der Waals surface area contributed by atoms with Gasteiger partial charge in [0.1, 0.15) is 37.1 Å². The molecule has 0 unspecified atom stereocenters. The number of aromatic nitrogens is 22. The van der Waals surface area contributed by atoms with Crippen LogP contribution >= 0.6 is 45.3 Å². The van der Waals surface area contributed by atoms with Crippen LogP contribution in [0.4, 0.5) is 0 Å². The minimum absolute atomic E-state index is 0.554. The number of rotatable bonds is 9. The number of hydrogen-bond acceptors (Lipinski definition) is 24. The molecule has 26 heteroatoms. The SMILES string of the molecule is Cc1cnc(-c2ncc(C)cn2)nc1.Cn1c(-c2cccc(-c3nc4ccccc4n3C)n2)nc2ccccc21.c1cc(-c2nc3ccccc3s2)nc(-c2nc3ccccc3s2)c1.c1cc(-c2nccs2)nc(-c2nccs2)c1.c1ccc(-c2ncccn2)nc1.c1cnc(-c2ncccn2)nc1. The number of imidazole rings is 2. The molecule has 0 radical (unpaired) electrons. The van der Waals surface area contributed by atoms with Crippen LogP contribution in [0, 0.1) is 13.8 Å². The monoisotopic (exact) mass is 1430 g/mol. The van der Waals surface area contributed by atoms with E-state index in [1.165, 1.54) is 9.40 Å². The molecule has 0 N–H and O–H groups in total. The van der Waals surface area contributed by atoms with E-state index in [0.717, 1.165) is 116 Å². The minimum Gasteiger partial charge on any atom is -0.326 e. The predicted octanol–water partition coefficient (Wildman–Crippen LogP) is 17.2. The summed E-state index contributed by atoms with van der Waals surface area (Å²) in [5.74, 6) is 4.61. The van der Waals surface area contributed by atoms with Gasteiger partial charge in [-0.05, 0) is 140 Å². The molecule has 0 fully saturated rings. The van der Waals surface area contributed by atoms with Crippen molar-refractivity contribution < 1.29 is 0 Å². The smallest absolute Gasteiger partial charge is 0.197 e. The van der Waals surface area contributed by atoms with Crippen LogP contribution in [-0.2, 0) is 14.1 Å². The van der Waals surface area contributed by atoms with Crippen LogP contribution in [0.5, 0.6) is 0 Å². The van der Waals surface area contributed by atoms with Crippen LogP contribution in [0.1, 0.15) is 11.1 Å². The number of para-hydroxylation sites is 6. The van der Waals surface area contributed by atoms with Crippen molar-refractivity contribution in [2.45, 2.75) is 13.8 Å². The molecular weight excluding hydrogens is 1370 g/mol. The number of thiazole rings is 4. The van der Waals surface area contributed by atoms with Crippen LogP contribution in [0.3, 0.4) is 0 Å². The van der Waals surface area contributed by atoms with Crippen molar-refractivity contribution in [1.82, 2.24) is 109 Å². The lowest BCUT2D eigenvalue weighted by molar-refractivity contribution is 0.938. The molecule has 0 bridgehead atoms. The van der Waals surface area contributed by atoms with E-state index in [0.29, 0.717) is 29.1 Å². The number of fused-ring (bicyclic) bond motifs is 4. The molecule has 0 saturated heterocycles. The molecule has 0 amide bonds. The third-order valence-corrected chi connectivity index (χ3v) is 18.9. The Morgan fingerprint density at radius 2 is 0.587 bits per heavy atom. The largest absolute Gasteiger partial charge is 0.326 e. The Bertz CT molecular complexity index is 5430. The molecular formula is C78H58N22S4. The van der Waals surface area contributed by atoms with Gasteiger partial charge in [0, 0.05) is 105 Å². The van der Waals surface area contributed by atoms with Gasteiger partial charge in [-0.25, -0.2) is 94.7 Å². The molecule has 4 aromatic carbocycles. The Balaban J connectivity index is 0.000000108. The molecule has 504 valence electrons. The van der Waals surface area contributed by atoms with Crippen molar-refractivity contribution in [3.63, 3.8) is 0 Å². The van der Waals surface area contributed by atoms with Gasteiger partial charge in [0.15, 0.2) is 40.8 Å². The van der Waals surface area contributed by atoms with Crippen molar-refractivity contribution in [1.29, 1.82) is 0 Å². The zero-order valence-corrected chi connectivity index (χ0v) is 59.3. The van der Waals surface area contributed by atoms with Crippen LogP contribution in [0.15, 0.2) is 279 Å². The summed E-state index contributed by atoms with van der Waals surface area (Å²) in [5, 5.41) is 7.68. The first kappa shape index (κ1) is 68.0. The topological polar surface area (TPSA) is 268 Å². The van der Waals surface area contributed by atoms with Crippen molar-refractivity contribution >= 4 is 87.8 Å². The maximum Gasteiger partial charge on any atom is 0.197 e. The van der Waals surface area contributed by atoms with Gasteiger partial charge in [-0.2, -0.15) is 0 Å². The summed E-state index contributed by atoms with van der Waals surface area (Å²) in [4.78, 5) is 86.5. The molecule has 0 aliphatic rings. The second kappa shape index (κ2) is 32.9. The Morgan fingerprint density at radius 3 is 0.971 bits per heavy atom. The van der Waals surface area contributed by atoms with E-state index in [-0.39, 0.29) is 0 Å². The molecule has 0 aliphatic heterocycles. The second-order valence-corrected chi connectivity index (χ2v) is 26.3. The van der Waals surface area contributed by atoms with E-state index in [2.05, 4.69) is 103 Å². The molecule has 19 aromatic rings. The summed E-state index contributed by atoms with van der Waals surface area (Å²) in [7, 11) is 4.04. The number of hydrogen-bond donors (Lipinski definition) is 0. The Kier molecular flexibility index (Phi) is 21.5. The molecule has 0 aliphatic carbocycles. The highest BCUT2D eigenvalue weighted by atomic mass is 32.1. The number of nitrogens with zero attached hydrogens (tertiary/aromatic N) is 22. The standard InChI is InChI=1S/C21H17N5.C19H11N3S2.C11H7N3S2.C10H10N4.C9H7N3.C8H6N4/c1-25-18-12-5-3-8-14(18)23-20(25)16-10-7-11-17(22-16)21-24-15-9-4-6-13-19(15)26(21)2;1-3-10-16-12(6-1)21-18(23-16)14-8-5-9-15(20-14)19-22-13-7-2-4-11-17(13)24-19;1-2-8(10-12-4-6-15-10)14-9(3-1)11-13-5-7-16-11;1-7-3-11-9(12-4-7)10-13-5-8(2)6-14-10;1-2-5-10-8(4-1)9-11-6-3-7-12-9;1-3-9-7(10-4-1)8-11-5-2-6-12-8/h3-13H,1-2H3;1-11H;1-7H;3-6H,1-2H3;1-7H;1-6H. The maximum absolute atomic E-state index is 4.86. The van der Waals surface area contributed by atoms with Gasteiger partial charge in [0.05, 0.1) is 65.3 Å². The summed E-state index contributed by atoms with van der Waals surface area (Å²) in [6, 6.07) is 61.5. The highest BCUT2D eigenvalue weighted by molar-refractivity contribution is 7.22. The number of aryl methyl sites for hydroxylation is 4. The van der Waals surface area contributed by atoms with Crippen LogP contribution in [0.2, 0.25) is 0 Å². The molecule has 15 aromatic heterocycles. The molecule has 0 spiro atoms. The number of pyridine rings is 4. The van der Waals surface area contributed by atoms with E-state index in [1.807, 2.05) is 184 Å². The lowest BCUT2D eigenvalue weighted by Gasteiger charge is -2.05. The van der Waals surface area contributed by atoms with Gasteiger partial charge in [-0.15, -0.1) is 45.3 Å². The normalized spacial score (nSPS) is 10.7. The van der Waals surface area contributed by atoms with Gasteiger partial charge in [0.25, 0.3) is 0 Å². The first-order valence-electron chi connectivity index (χ1n) is 32.3. The van der Waals surface area contributed by atoms with Crippen molar-refractivity contribution in [2.75, 3.05) is 0 Å². The average molecular weight is 1430 g/mol. The summed E-state index contributed by atoms with van der Waals surface area (Å²) in [6.45, 7) is 3.89. The van der Waals surface area contributed by atoms with E-state index in [1.54, 1.807) is 144 Å². The molecule has 22 nitrogen and oxygen atoms in total. The molecule has 15 heterocycles. The van der Waals surface area contributed by atoms with E-state index in [4.69, 9.17) is 29.9 Å². The molecule has 19 rings (SSSR count). The first-order valence-corrected chi connectivity index (χ1v) is 35.7. The van der Waals surface area contributed by atoms with E-state index in [9.17, 15) is 0 Å². The van der Waals surface area contributed by atoms with Crippen molar-refractivity contribution in [3.8, 4) is 101 Å². The molecule has 104 heavy (non-hydrogen) atoms. The van der Waals surface area contributed by atoms with E-state index < -0.39 is 0 Å². The zero-order valence-electron chi connectivity index (χ0n) is 56.0. The summed E-state index contributed by atoms with van der Waals surface area (Å²) in [6.07, 6.45) is 22.4. The van der Waals surface area contributed by atoms with Gasteiger partial charge >= 0.3 is 0 Å². The summed E-state index contributed by atoms with van der Waals surface area (Å²) in [5.41, 5.74) is 14.3. The average Bonchev–Trinajstić information content (AvgIpc) is 1.64. The summed E-state index contributed by atoms with van der Waals surface area (Å²) < 4.78 is 6.52. The Morgan fingerprint density at radius 1 is 0.250 bits per heavy atom. The van der Waals surface area contributed by atoms with E-state index >= 15 is 0 Å².